The van der Waals surface area contributed by atoms with Crippen LogP contribution < -0.4 is 5.32 Å². The van der Waals surface area contributed by atoms with Crippen LogP contribution in [-0.2, 0) is 12.2 Å². The van der Waals surface area contributed by atoms with Gasteiger partial charge in [0.25, 0.3) is 0 Å². The zero-order valence-corrected chi connectivity index (χ0v) is 15.0. The zero-order valence-electron chi connectivity index (χ0n) is 14.2. The summed E-state index contributed by atoms with van der Waals surface area (Å²) >= 11 is 2.02. The fourth-order valence-corrected chi connectivity index (χ4v) is 5.28. The van der Waals surface area contributed by atoms with E-state index in [0.29, 0.717) is 12.0 Å². The Morgan fingerprint density at radius 1 is 1.33 bits per heavy atom. The van der Waals surface area contributed by atoms with Gasteiger partial charge >= 0.3 is 0 Å². The molecule has 1 aromatic heterocycles. The molecule has 0 bridgehead atoms. The van der Waals surface area contributed by atoms with Gasteiger partial charge < -0.3 is 9.88 Å². The highest BCUT2D eigenvalue weighted by atomic mass is 32.2. The van der Waals surface area contributed by atoms with Gasteiger partial charge in [0.15, 0.2) is 0 Å². The summed E-state index contributed by atoms with van der Waals surface area (Å²) in [7, 11) is 0. The summed E-state index contributed by atoms with van der Waals surface area (Å²) in [6.07, 6.45) is 3.55. The maximum Gasteiger partial charge on any atom is 0.123 e. The quantitative estimate of drug-likeness (QED) is 0.870. The van der Waals surface area contributed by atoms with Crippen molar-refractivity contribution >= 4 is 11.8 Å². The van der Waals surface area contributed by atoms with Crippen LogP contribution in [0.2, 0.25) is 0 Å². The molecule has 1 aromatic carbocycles. The van der Waals surface area contributed by atoms with Gasteiger partial charge in [0.2, 0.25) is 0 Å². The van der Waals surface area contributed by atoms with Gasteiger partial charge in [0.1, 0.15) is 5.82 Å². The van der Waals surface area contributed by atoms with Crippen LogP contribution >= 0.6 is 11.8 Å². The maximum absolute atomic E-state index is 13.4. The summed E-state index contributed by atoms with van der Waals surface area (Å²) in [5.74, 6) is 2.85. The van der Waals surface area contributed by atoms with Gasteiger partial charge in [0, 0.05) is 23.2 Å². The summed E-state index contributed by atoms with van der Waals surface area (Å²) < 4.78 is 16.0. The molecule has 1 fully saturated rings. The molecule has 0 aliphatic carbocycles. The van der Waals surface area contributed by atoms with Gasteiger partial charge in [-0.15, -0.1) is 0 Å². The highest BCUT2D eigenvalue weighted by molar-refractivity contribution is 7.98. The van der Waals surface area contributed by atoms with Crippen LogP contribution in [0.25, 0.3) is 11.3 Å². The van der Waals surface area contributed by atoms with Gasteiger partial charge in [-0.3, -0.25) is 0 Å². The van der Waals surface area contributed by atoms with Crippen LogP contribution in [0.3, 0.4) is 0 Å². The SMILES string of the molecule is CCC(C1CCNC1)n1c(-c2ccc(F)cc2)cc2c1CCSC2. The highest BCUT2D eigenvalue weighted by Crippen LogP contribution is 2.39. The molecule has 3 heterocycles. The van der Waals surface area contributed by atoms with Crippen molar-refractivity contribution in [3.05, 3.63) is 47.4 Å². The highest BCUT2D eigenvalue weighted by Gasteiger charge is 2.30. The average Bonchev–Trinajstić information content (AvgIpc) is 3.25. The minimum atomic E-state index is -0.163. The second-order valence-corrected chi connectivity index (χ2v) is 8.01. The standard InChI is InChI=1S/C20H25FN2S/c1-2-18(15-7-9-22-12-15)23-19-8-10-24-13-16(19)11-20(23)14-3-5-17(21)6-4-14/h3-6,11,15,18,22H,2,7-10,12-13H2,1H3. The third-order valence-corrected chi connectivity index (χ3v) is 6.51. The number of hydrogen-bond donors (Lipinski definition) is 1. The Balaban J connectivity index is 1.83. The number of fused-ring (bicyclic) bond motifs is 1. The first-order valence-corrected chi connectivity index (χ1v) is 10.2. The second kappa shape index (κ2) is 6.93. The third kappa shape index (κ3) is 2.91. The van der Waals surface area contributed by atoms with E-state index in [2.05, 4.69) is 22.9 Å². The number of nitrogens with zero attached hydrogens (tertiary/aromatic N) is 1. The van der Waals surface area contributed by atoms with Crippen molar-refractivity contribution in [3.8, 4) is 11.3 Å². The van der Waals surface area contributed by atoms with Crippen molar-refractivity contribution in [1.82, 2.24) is 9.88 Å². The molecule has 2 aliphatic heterocycles. The van der Waals surface area contributed by atoms with Gasteiger partial charge in [-0.1, -0.05) is 6.92 Å². The van der Waals surface area contributed by atoms with E-state index in [1.807, 2.05) is 23.9 Å². The molecular formula is C20H25FN2S. The van der Waals surface area contributed by atoms with Crippen molar-refractivity contribution in [2.45, 2.75) is 38.0 Å². The molecule has 2 atom stereocenters. The fourth-order valence-electron chi connectivity index (χ4n) is 4.33. The lowest BCUT2D eigenvalue weighted by Gasteiger charge is -2.29. The number of hydrogen-bond acceptors (Lipinski definition) is 2. The topological polar surface area (TPSA) is 17.0 Å². The number of thioether (sulfide) groups is 1. The van der Waals surface area contributed by atoms with Crippen LogP contribution in [0.5, 0.6) is 0 Å². The second-order valence-electron chi connectivity index (χ2n) is 6.91. The first kappa shape index (κ1) is 16.2. The largest absolute Gasteiger partial charge is 0.341 e. The Morgan fingerprint density at radius 3 is 2.88 bits per heavy atom. The minimum Gasteiger partial charge on any atom is -0.341 e. The molecule has 0 radical (unpaired) electrons. The molecule has 1 saturated heterocycles. The van der Waals surface area contributed by atoms with E-state index in [1.54, 1.807) is 12.1 Å². The van der Waals surface area contributed by atoms with Crippen LogP contribution in [0.15, 0.2) is 30.3 Å². The molecule has 128 valence electrons. The summed E-state index contributed by atoms with van der Waals surface area (Å²) in [6, 6.07) is 9.92. The molecular weight excluding hydrogens is 319 g/mol. The third-order valence-electron chi connectivity index (χ3n) is 5.51. The smallest absolute Gasteiger partial charge is 0.123 e. The van der Waals surface area contributed by atoms with Crippen molar-refractivity contribution in [3.63, 3.8) is 0 Å². The van der Waals surface area contributed by atoms with Gasteiger partial charge in [-0.05, 0) is 85.5 Å². The first-order valence-electron chi connectivity index (χ1n) is 9.05. The van der Waals surface area contributed by atoms with Gasteiger partial charge in [-0.2, -0.15) is 11.8 Å². The molecule has 0 saturated carbocycles. The van der Waals surface area contributed by atoms with E-state index < -0.39 is 0 Å². The molecule has 2 aromatic rings. The van der Waals surface area contributed by atoms with Crippen LogP contribution in [0.1, 0.15) is 37.1 Å². The van der Waals surface area contributed by atoms with E-state index >= 15 is 0 Å². The molecule has 24 heavy (non-hydrogen) atoms. The Hall–Kier alpha value is -1.26. The van der Waals surface area contributed by atoms with Crippen LogP contribution in [0.4, 0.5) is 4.39 Å². The van der Waals surface area contributed by atoms with E-state index in [4.69, 9.17) is 0 Å². The summed E-state index contributed by atoms with van der Waals surface area (Å²) in [6.45, 7) is 4.55. The van der Waals surface area contributed by atoms with Gasteiger partial charge in [0.05, 0.1) is 0 Å². The van der Waals surface area contributed by atoms with E-state index in [9.17, 15) is 4.39 Å². The Bertz CT molecular complexity index is 701. The maximum atomic E-state index is 13.4. The molecule has 0 spiro atoms. The predicted molar refractivity (Wildman–Crippen MR) is 100.0 cm³/mol. The Labute approximate surface area is 147 Å². The van der Waals surface area contributed by atoms with E-state index in [-0.39, 0.29) is 5.82 Å². The lowest BCUT2D eigenvalue weighted by atomic mass is 9.95. The zero-order chi connectivity index (χ0) is 16.5. The molecule has 0 amide bonds. The van der Waals surface area contributed by atoms with E-state index in [0.717, 1.165) is 37.2 Å². The normalized spacial score (nSPS) is 21.7. The number of halogens is 1. The molecule has 1 N–H and O–H groups in total. The van der Waals surface area contributed by atoms with Crippen molar-refractivity contribution in [2.24, 2.45) is 5.92 Å². The van der Waals surface area contributed by atoms with Crippen LogP contribution in [-0.4, -0.2) is 23.4 Å². The molecule has 4 heteroatoms. The number of aromatic nitrogens is 1. The Morgan fingerprint density at radius 2 is 2.17 bits per heavy atom. The molecule has 2 unspecified atom stereocenters. The monoisotopic (exact) mass is 344 g/mol. The van der Waals surface area contributed by atoms with Crippen LogP contribution in [0, 0.1) is 11.7 Å². The minimum absolute atomic E-state index is 0.163. The van der Waals surface area contributed by atoms with Crippen molar-refractivity contribution in [2.75, 3.05) is 18.8 Å². The molecule has 4 rings (SSSR count). The number of rotatable bonds is 4. The lowest BCUT2D eigenvalue weighted by molar-refractivity contribution is 0.338. The predicted octanol–water partition coefficient (Wildman–Crippen LogP) is 4.64. The number of nitrogens with one attached hydrogen (secondary N) is 1. The lowest BCUT2D eigenvalue weighted by Crippen LogP contribution is -2.24. The summed E-state index contributed by atoms with van der Waals surface area (Å²) in [5, 5.41) is 3.53. The summed E-state index contributed by atoms with van der Waals surface area (Å²) in [5.41, 5.74) is 5.42. The first-order chi connectivity index (χ1) is 11.8. The van der Waals surface area contributed by atoms with E-state index in [1.165, 1.54) is 29.1 Å². The Kier molecular flexibility index (Phi) is 4.68. The molecule has 2 nitrogen and oxygen atoms in total. The van der Waals surface area contributed by atoms with Gasteiger partial charge in [-0.25, -0.2) is 4.39 Å². The molecule has 2 aliphatic rings. The van der Waals surface area contributed by atoms with Crippen molar-refractivity contribution in [1.29, 1.82) is 0 Å². The van der Waals surface area contributed by atoms with Crippen molar-refractivity contribution < 1.29 is 4.39 Å². The summed E-state index contributed by atoms with van der Waals surface area (Å²) in [4.78, 5) is 0. The average molecular weight is 344 g/mol. The number of benzene rings is 1. The fraction of sp³-hybridized carbons (Fsp3) is 0.500.